The van der Waals surface area contributed by atoms with Gasteiger partial charge in [0, 0.05) is 21.1 Å². The molecular weight excluding hydrogens is 477 g/mol. The smallest absolute Gasteiger partial charge is 0.224 e. The molecule has 0 atom stereocenters. The summed E-state index contributed by atoms with van der Waals surface area (Å²) in [6, 6.07) is 12.9. The van der Waals surface area contributed by atoms with Gasteiger partial charge in [0.05, 0.1) is 17.1 Å². The number of carbonyl (C=O) groups is 1. The molecule has 1 amide bonds. The third-order valence-corrected chi connectivity index (χ3v) is 5.40. The maximum Gasteiger partial charge on any atom is 0.224 e. The van der Waals surface area contributed by atoms with Gasteiger partial charge in [0.15, 0.2) is 0 Å². The Hall–Kier alpha value is -1.99. The van der Waals surface area contributed by atoms with Crippen LogP contribution in [0, 0.1) is 19.7 Å². The number of hydrogen-bond acceptors (Lipinski definition) is 2. The predicted octanol–water partition coefficient (Wildman–Crippen LogP) is 5.72. The molecule has 0 aliphatic rings. The molecule has 0 fully saturated rings. The molecule has 1 heterocycles. The number of hydrogen-bond donors (Lipinski definition) is 1. The number of nitrogens with zero attached hydrogens (tertiary/aromatic N) is 2. The van der Waals surface area contributed by atoms with Gasteiger partial charge in [0.2, 0.25) is 5.91 Å². The van der Waals surface area contributed by atoms with E-state index in [0.29, 0.717) is 15.4 Å². The lowest BCUT2D eigenvalue weighted by Crippen LogP contribution is -2.14. The van der Waals surface area contributed by atoms with Crippen molar-refractivity contribution in [1.29, 1.82) is 0 Å². The number of rotatable bonds is 5. The second-order valence-corrected chi connectivity index (χ2v) is 7.96. The lowest BCUT2D eigenvalue weighted by Gasteiger charge is -2.10. The van der Waals surface area contributed by atoms with Crippen molar-refractivity contribution in [2.45, 2.75) is 26.7 Å². The standard InChI is InChI=1S/C20H18Br2FN3O/c1-12-16(13(2)26(25-12)15-6-4-3-5-7-15)8-9-19(27)24-20-17(22)10-14(21)11-18(20)23/h3-7,10-11H,8-9H2,1-2H3,(H,24,27). The number of carbonyl (C=O) groups excluding carboxylic acids is 1. The van der Waals surface area contributed by atoms with Crippen molar-refractivity contribution < 1.29 is 9.18 Å². The Labute approximate surface area is 174 Å². The van der Waals surface area contributed by atoms with E-state index in [1.165, 1.54) is 6.07 Å². The summed E-state index contributed by atoms with van der Waals surface area (Å²) < 4.78 is 17.0. The number of halogens is 3. The first kappa shape index (κ1) is 19.8. The normalized spacial score (nSPS) is 10.9. The van der Waals surface area contributed by atoms with Gasteiger partial charge in [-0.15, -0.1) is 0 Å². The Bertz CT molecular complexity index is 963. The Balaban J connectivity index is 1.72. The lowest BCUT2D eigenvalue weighted by atomic mass is 10.1. The average molecular weight is 495 g/mol. The summed E-state index contributed by atoms with van der Waals surface area (Å²) in [6.07, 6.45) is 0.774. The summed E-state index contributed by atoms with van der Waals surface area (Å²) in [4.78, 5) is 12.3. The minimum absolute atomic E-state index is 0.150. The molecule has 3 aromatic rings. The van der Waals surface area contributed by atoms with Crippen molar-refractivity contribution in [1.82, 2.24) is 9.78 Å². The number of aromatic nitrogens is 2. The highest BCUT2D eigenvalue weighted by molar-refractivity contribution is 9.11. The fourth-order valence-corrected chi connectivity index (χ4v) is 4.23. The first-order valence-electron chi connectivity index (χ1n) is 8.41. The molecule has 1 aromatic heterocycles. The molecule has 1 N–H and O–H groups in total. The van der Waals surface area contributed by atoms with E-state index in [9.17, 15) is 9.18 Å². The lowest BCUT2D eigenvalue weighted by molar-refractivity contribution is -0.116. The van der Waals surface area contributed by atoms with E-state index in [-0.39, 0.29) is 18.0 Å². The molecular formula is C20H18Br2FN3O. The van der Waals surface area contributed by atoms with Crippen LogP contribution < -0.4 is 5.32 Å². The van der Waals surface area contributed by atoms with Gasteiger partial charge in [0.25, 0.3) is 0 Å². The second-order valence-electron chi connectivity index (χ2n) is 6.19. The van der Waals surface area contributed by atoms with Crippen LogP contribution in [0.4, 0.5) is 10.1 Å². The van der Waals surface area contributed by atoms with Crippen LogP contribution in [0.1, 0.15) is 23.4 Å². The highest BCUT2D eigenvalue weighted by Gasteiger charge is 2.16. The van der Waals surface area contributed by atoms with Gasteiger partial charge in [-0.25, -0.2) is 9.07 Å². The van der Waals surface area contributed by atoms with Gasteiger partial charge >= 0.3 is 0 Å². The average Bonchev–Trinajstić information content (AvgIpc) is 2.91. The number of anilines is 1. The number of amides is 1. The molecule has 0 unspecified atom stereocenters. The molecule has 0 radical (unpaired) electrons. The minimum atomic E-state index is -0.492. The van der Waals surface area contributed by atoms with E-state index in [0.717, 1.165) is 22.6 Å². The third kappa shape index (κ3) is 4.47. The van der Waals surface area contributed by atoms with E-state index in [4.69, 9.17) is 0 Å². The zero-order chi connectivity index (χ0) is 19.6. The van der Waals surface area contributed by atoms with Crippen LogP contribution in [0.3, 0.4) is 0 Å². The summed E-state index contributed by atoms with van der Waals surface area (Å²) in [5, 5.41) is 7.24. The van der Waals surface area contributed by atoms with Crippen molar-refractivity contribution in [2.75, 3.05) is 5.32 Å². The van der Waals surface area contributed by atoms with Crippen LogP contribution in [0.2, 0.25) is 0 Å². The van der Waals surface area contributed by atoms with Gasteiger partial charge in [-0.3, -0.25) is 4.79 Å². The Morgan fingerprint density at radius 2 is 1.89 bits per heavy atom. The summed E-state index contributed by atoms with van der Waals surface area (Å²) in [6.45, 7) is 3.93. The van der Waals surface area contributed by atoms with E-state index >= 15 is 0 Å². The first-order valence-corrected chi connectivity index (χ1v) is 10.0. The summed E-state index contributed by atoms with van der Waals surface area (Å²) >= 11 is 6.50. The van der Waals surface area contributed by atoms with E-state index in [1.54, 1.807) is 6.07 Å². The van der Waals surface area contributed by atoms with Gasteiger partial charge in [-0.2, -0.15) is 5.10 Å². The maximum atomic E-state index is 14.1. The highest BCUT2D eigenvalue weighted by atomic mass is 79.9. The third-order valence-electron chi connectivity index (χ3n) is 4.32. The molecule has 7 heteroatoms. The Morgan fingerprint density at radius 3 is 2.56 bits per heavy atom. The zero-order valence-corrected chi connectivity index (χ0v) is 18.1. The number of aryl methyl sites for hydroxylation is 1. The predicted molar refractivity (Wildman–Crippen MR) is 112 cm³/mol. The van der Waals surface area contributed by atoms with Crippen LogP contribution in [-0.2, 0) is 11.2 Å². The van der Waals surface area contributed by atoms with Crippen molar-refractivity contribution in [3.8, 4) is 5.69 Å². The number of benzene rings is 2. The summed E-state index contributed by atoms with van der Waals surface area (Å²) in [5.41, 5.74) is 4.05. The van der Waals surface area contributed by atoms with Crippen LogP contribution in [-0.4, -0.2) is 15.7 Å². The van der Waals surface area contributed by atoms with E-state index < -0.39 is 5.82 Å². The van der Waals surface area contributed by atoms with Gasteiger partial charge < -0.3 is 5.32 Å². The molecule has 3 rings (SSSR count). The fraction of sp³-hybridized carbons (Fsp3) is 0.200. The van der Waals surface area contributed by atoms with Crippen LogP contribution >= 0.6 is 31.9 Å². The first-order chi connectivity index (χ1) is 12.9. The van der Waals surface area contributed by atoms with Crippen LogP contribution in [0.15, 0.2) is 51.4 Å². The van der Waals surface area contributed by atoms with Crippen molar-refractivity contribution >= 4 is 43.5 Å². The van der Waals surface area contributed by atoms with Gasteiger partial charge in [-0.05, 0) is 66.0 Å². The molecule has 140 valence electrons. The second kappa shape index (κ2) is 8.35. The molecule has 4 nitrogen and oxygen atoms in total. The monoisotopic (exact) mass is 493 g/mol. The van der Waals surface area contributed by atoms with Crippen LogP contribution in [0.5, 0.6) is 0 Å². The maximum absolute atomic E-state index is 14.1. The fourth-order valence-electron chi connectivity index (χ4n) is 2.96. The van der Waals surface area contributed by atoms with Crippen molar-refractivity contribution in [2.24, 2.45) is 0 Å². The summed E-state index contributed by atoms with van der Waals surface area (Å²) in [7, 11) is 0. The molecule has 0 saturated heterocycles. The number of nitrogens with one attached hydrogen (secondary N) is 1. The zero-order valence-electron chi connectivity index (χ0n) is 14.9. The quantitative estimate of drug-likeness (QED) is 0.492. The Morgan fingerprint density at radius 1 is 1.19 bits per heavy atom. The van der Waals surface area contributed by atoms with Crippen molar-refractivity contribution in [3.63, 3.8) is 0 Å². The SMILES string of the molecule is Cc1nn(-c2ccccc2)c(C)c1CCC(=O)Nc1c(F)cc(Br)cc1Br. The number of para-hydroxylation sites is 1. The van der Waals surface area contributed by atoms with Gasteiger partial charge in [0.1, 0.15) is 5.82 Å². The van der Waals surface area contributed by atoms with Gasteiger partial charge in [-0.1, -0.05) is 34.1 Å². The molecule has 0 aliphatic heterocycles. The highest BCUT2D eigenvalue weighted by Crippen LogP contribution is 2.30. The molecule has 0 aliphatic carbocycles. The summed E-state index contributed by atoms with van der Waals surface area (Å²) in [5.74, 6) is -0.739. The van der Waals surface area contributed by atoms with Crippen LogP contribution in [0.25, 0.3) is 5.69 Å². The van der Waals surface area contributed by atoms with Crippen molar-refractivity contribution in [3.05, 3.63) is 74.2 Å². The molecule has 0 spiro atoms. The molecule has 0 bridgehead atoms. The Kier molecular flexibility index (Phi) is 6.11. The molecule has 0 saturated carbocycles. The van der Waals surface area contributed by atoms with E-state index in [2.05, 4.69) is 42.3 Å². The minimum Gasteiger partial charge on any atom is -0.323 e. The topological polar surface area (TPSA) is 46.9 Å². The molecule has 2 aromatic carbocycles. The molecule has 27 heavy (non-hydrogen) atoms. The largest absolute Gasteiger partial charge is 0.323 e. The van der Waals surface area contributed by atoms with E-state index in [1.807, 2.05) is 48.9 Å².